The lowest BCUT2D eigenvalue weighted by Gasteiger charge is -2.39. The first kappa shape index (κ1) is 18.8. The molecule has 19 heavy (non-hydrogen) atoms. The van der Waals surface area contributed by atoms with Crippen LogP contribution in [0.25, 0.3) is 0 Å². The van der Waals surface area contributed by atoms with E-state index in [0.29, 0.717) is 18.2 Å². The van der Waals surface area contributed by atoms with Crippen LogP contribution < -0.4 is 5.32 Å². The van der Waals surface area contributed by atoms with Crippen molar-refractivity contribution in [1.82, 2.24) is 9.99 Å². The normalized spacial score (nSPS) is 27.0. The van der Waals surface area contributed by atoms with Gasteiger partial charge >= 0.3 is 0 Å². The summed E-state index contributed by atoms with van der Waals surface area (Å²) in [5, 5.41) is 2.78. The zero-order valence-corrected chi connectivity index (χ0v) is 14.0. The van der Waals surface area contributed by atoms with Crippen LogP contribution in [0.4, 0.5) is 0 Å². The molecular weight excluding hydrogens is 259 g/mol. The smallest absolute Gasteiger partial charge is 0.207 e. The summed E-state index contributed by atoms with van der Waals surface area (Å²) in [6.07, 6.45) is 5.83. The maximum atomic E-state index is 10.2. The second-order valence-electron chi connectivity index (χ2n) is 4.45. The van der Waals surface area contributed by atoms with Gasteiger partial charge in [0, 0.05) is 19.1 Å². The van der Waals surface area contributed by atoms with Gasteiger partial charge in [-0.2, -0.15) is 0 Å². The lowest BCUT2D eigenvalue weighted by molar-refractivity contribution is -0.114. The highest BCUT2D eigenvalue weighted by atomic mass is 31.0. The van der Waals surface area contributed by atoms with Crippen LogP contribution in [0.3, 0.4) is 0 Å². The van der Waals surface area contributed by atoms with E-state index in [1.807, 2.05) is 27.7 Å². The molecule has 4 nitrogen and oxygen atoms in total. The maximum absolute atomic E-state index is 10.2. The van der Waals surface area contributed by atoms with E-state index in [1.165, 1.54) is 0 Å². The van der Waals surface area contributed by atoms with Gasteiger partial charge < -0.3 is 10.1 Å². The van der Waals surface area contributed by atoms with Crippen molar-refractivity contribution < 1.29 is 9.53 Å². The Morgan fingerprint density at radius 2 is 1.63 bits per heavy atom. The van der Waals surface area contributed by atoms with E-state index in [0.717, 1.165) is 45.2 Å². The van der Waals surface area contributed by atoms with Crippen LogP contribution in [-0.2, 0) is 9.53 Å². The van der Waals surface area contributed by atoms with Crippen LogP contribution in [0.15, 0.2) is 0 Å². The van der Waals surface area contributed by atoms with Gasteiger partial charge in [0.1, 0.15) is 0 Å². The van der Waals surface area contributed by atoms with E-state index in [1.54, 1.807) is 0 Å². The fourth-order valence-corrected chi connectivity index (χ4v) is 2.49. The average molecular weight is 290 g/mol. The van der Waals surface area contributed by atoms with E-state index < -0.39 is 0 Å². The Hall–Kier alpha value is -0.180. The van der Waals surface area contributed by atoms with Crippen molar-refractivity contribution in [3.63, 3.8) is 0 Å². The predicted octanol–water partition coefficient (Wildman–Crippen LogP) is 2.59. The maximum Gasteiger partial charge on any atom is 0.207 e. The highest BCUT2D eigenvalue weighted by molar-refractivity contribution is 7.13. The summed E-state index contributed by atoms with van der Waals surface area (Å²) in [6, 6.07) is 0.356. The van der Waals surface area contributed by atoms with Gasteiger partial charge in [-0.05, 0) is 25.7 Å². The number of piperidine rings is 1. The topological polar surface area (TPSA) is 41.6 Å². The molecule has 0 aromatic carbocycles. The molecule has 1 unspecified atom stereocenters. The van der Waals surface area contributed by atoms with Gasteiger partial charge in [-0.25, -0.2) is 0 Å². The Labute approximate surface area is 120 Å². The Bertz CT molecular complexity index is 215. The molecule has 0 spiro atoms. The van der Waals surface area contributed by atoms with Gasteiger partial charge in [0.05, 0.1) is 12.2 Å². The summed E-state index contributed by atoms with van der Waals surface area (Å²) in [7, 11) is 2.74. The van der Waals surface area contributed by atoms with Crippen LogP contribution in [-0.4, -0.2) is 42.4 Å². The summed E-state index contributed by atoms with van der Waals surface area (Å²) < 4.78 is 8.22. The lowest BCUT2D eigenvalue weighted by Crippen LogP contribution is -2.47. The van der Waals surface area contributed by atoms with Crippen molar-refractivity contribution in [2.75, 3.05) is 13.1 Å². The Kier molecular flexibility index (Phi) is 11.5. The van der Waals surface area contributed by atoms with Gasteiger partial charge in [0.15, 0.2) is 0 Å². The third kappa shape index (κ3) is 7.24. The fraction of sp³-hybridized carbons (Fsp3) is 0.929. The molecule has 2 rings (SSSR count). The minimum Gasteiger partial charge on any atom is -0.375 e. The van der Waals surface area contributed by atoms with E-state index in [-0.39, 0.29) is 0 Å². The second-order valence-corrected chi connectivity index (χ2v) is 5.18. The molecule has 1 saturated carbocycles. The van der Waals surface area contributed by atoms with Crippen molar-refractivity contribution >= 4 is 15.8 Å². The van der Waals surface area contributed by atoms with Gasteiger partial charge in [0.2, 0.25) is 6.41 Å². The first-order valence-electron chi connectivity index (χ1n) is 7.62. The van der Waals surface area contributed by atoms with Crippen LogP contribution in [0.2, 0.25) is 0 Å². The third-order valence-electron chi connectivity index (χ3n) is 3.26. The first-order valence-corrected chi connectivity index (χ1v) is 8.14. The number of carbonyl (C=O) groups excluding carboxylic acids is 1. The highest BCUT2D eigenvalue weighted by Gasteiger charge is 2.32. The van der Waals surface area contributed by atoms with E-state index in [4.69, 9.17) is 4.74 Å². The molecule has 1 atom stereocenters. The Balaban J connectivity index is 0.000000741. The van der Waals surface area contributed by atoms with Gasteiger partial charge in [-0.3, -0.25) is 9.46 Å². The summed E-state index contributed by atoms with van der Waals surface area (Å²) in [4.78, 5) is 10.2. The number of hydrogen-bond acceptors (Lipinski definition) is 3. The molecule has 1 saturated heterocycles. The zero-order valence-electron chi connectivity index (χ0n) is 12.9. The van der Waals surface area contributed by atoms with Crippen molar-refractivity contribution in [1.29, 1.82) is 0 Å². The van der Waals surface area contributed by atoms with Crippen molar-refractivity contribution in [2.45, 2.75) is 71.6 Å². The Morgan fingerprint density at radius 1 is 1.11 bits per heavy atom. The number of rotatable bonds is 4. The minimum atomic E-state index is 0.356. The third-order valence-corrected chi connectivity index (χ3v) is 3.78. The number of hydrogen-bond donors (Lipinski definition) is 1. The monoisotopic (exact) mass is 290 g/mol. The molecule has 2 aliphatic rings. The van der Waals surface area contributed by atoms with E-state index in [9.17, 15) is 4.79 Å². The largest absolute Gasteiger partial charge is 0.375 e. The molecule has 0 aromatic rings. The van der Waals surface area contributed by atoms with Crippen LogP contribution in [0.1, 0.15) is 53.4 Å². The minimum absolute atomic E-state index is 0.356. The molecule has 1 amide bonds. The summed E-state index contributed by atoms with van der Waals surface area (Å²) in [5.41, 5.74) is 0. The van der Waals surface area contributed by atoms with Crippen LogP contribution in [0.5, 0.6) is 0 Å². The number of nitrogens with zero attached hydrogens (tertiary/aromatic N) is 1. The van der Waals surface area contributed by atoms with Crippen LogP contribution >= 0.6 is 9.39 Å². The highest BCUT2D eigenvalue weighted by Crippen LogP contribution is 2.27. The molecule has 114 valence electrons. The predicted molar refractivity (Wildman–Crippen MR) is 84.1 cm³/mol. The average Bonchev–Trinajstić information content (AvgIpc) is 2.43. The molecule has 1 N–H and O–H groups in total. The van der Waals surface area contributed by atoms with E-state index >= 15 is 0 Å². The molecule has 2 fully saturated rings. The molecule has 1 aliphatic carbocycles. The van der Waals surface area contributed by atoms with Crippen LogP contribution in [0, 0.1) is 0 Å². The SMILES string of the molecule is CC.CC.O=CNC1CC(OC2CCN(P)CC2)C1. The van der Waals surface area contributed by atoms with Gasteiger partial charge in [-0.1, -0.05) is 37.1 Å². The number of amides is 1. The molecule has 5 heteroatoms. The Morgan fingerprint density at radius 3 is 2.11 bits per heavy atom. The quantitative estimate of drug-likeness (QED) is 0.639. The molecule has 0 aromatic heterocycles. The standard InChI is InChI=1S/C10H19N2O2P.2C2H6/c13-7-11-8-5-10(6-8)14-9-1-3-12(15)4-2-9;2*1-2/h7-10H,1-6,15H2,(H,11,13);2*1-2H3. The summed E-state index contributed by atoms with van der Waals surface area (Å²) in [5.74, 6) is 0. The summed E-state index contributed by atoms with van der Waals surface area (Å²) >= 11 is 0. The lowest BCUT2D eigenvalue weighted by atomic mass is 9.89. The second kappa shape index (κ2) is 11.6. The molecule has 0 radical (unpaired) electrons. The zero-order chi connectivity index (χ0) is 14.7. The number of carbonyl (C=O) groups is 1. The first-order chi connectivity index (χ1) is 9.28. The van der Waals surface area contributed by atoms with Gasteiger partial charge in [-0.15, -0.1) is 0 Å². The molecular formula is C14H31N2O2P. The van der Waals surface area contributed by atoms with E-state index in [2.05, 4.69) is 19.4 Å². The molecule has 1 heterocycles. The summed E-state index contributed by atoms with van der Waals surface area (Å²) in [6.45, 7) is 10.2. The van der Waals surface area contributed by atoms with Crippen molar-refractivity contribution in [2.24, 2.45) is 0 Å². The number of ether oxygens (including phenoxy) is 1. The van der Waals surface area contributed by atoms with Gasteiger partial charge in [0.25, 0.3) is 0 Å². The fourth-order valence-electron chi connectivity index (χ4n) is 2.19. The van der Waals surface area contributed by atoms with Crippen molar-refractivity contribution in [3.8, 4) is 0 Å². The molecule has 1 aliphatic heterocycles. The van der Waals surface area contributed by atoms with Crippen molar-refractivity contribution in [3.05, 3.63) is 0 Å². The number of nitrogens with one attached hydrogen (secondary N) is 1. The molecule has 0 bridgehead atoms.